The molecule has 0 saturated carbocycles. The summed E-state index contributed by atoms with van der Waals surface area (Å²) in [5.74, 6) is -0.425. The first-order chi connectivity index (χ1) is 18.2. The molecule has 3 heterocycles. The Kier molecular flexibility index (Phi) is 10.5. The second-order valence-electron chi connectivity index (χ2n) is 9.93. The van der Waals surface area contributed by atoms with Gasteiger partial charge in [-0.3, -0.25) is 9.59 Å². The van der Waals surface area contributed by atoms with Crippen LogP contribution < -0.4 is 0 Å². The third-order valence-corrected chi connectivity index (χ3v) is 9.59. The molecule has 4 rings (SSSR count). The van der Waals surface area contributed by atoms with Crippen LogP contribution in [0, 0.1) is 5.92 Å². The molecule has 2 aromatic rings. The first-order valence-corrected chi connectivity index (χ1v) is 16.1. The molecular formula is C27H34ClNO7S2. The number of benzene rings is 1. The zero-order chi connectivity index (χ0) is 27.1. The molecule has 0 spiro atoms. The maximum atomic E-state index is 13.4. The van der Waals surface area contributed by atoms with Crippen LogP contribution in [0.5, 0.6) is 0 Å². The topological polar surface area (TPSA) is 109 Å². The molecule has 8 nitrogen and oxygen atoms in total. The smallest absolute Gasteiger partial charge is 0.191 e. The molecule has 2 fully saturated rings. The van der Waals surface area contributed by atoms with Crippen LogP contribution in [0.1, 0.15) is 77.5 Å². The van der Waals surface area contributed by atoms with Gasteiger partial charge in [0.2, 0.25) is 0 Å². The van der Waals surface area contributed by atoms with Gasteiger partial charge in [0.1, 0.15) is 5.78 Å². The van der Waals surface area contributed by atoms with Gasteiger partial charge in [-0.2, -0.15) is 0 Å². The minimum absolute atomic E-state index is 0.0361. The van der Waals surface area contributed by atoms with Crippen molar-refractivity contribution in [2.75, 3.05) is 26.1 Å². The van der Waals surface area contributed by atoms with E-state index in [9.17, 15) is 18.0 Å². The molecule has 2 atom stereocenters. The molecular weight excluding hydrogens is 550 g/mol. The van der Waals surface area contributed by atoms with Crippen LogP contribution in [0.3, 0.4) is 0 Å². The van der Waals surface area contributed by atoms with Crippen LogP contribution in [-0.4, -0.2) is 57.3 Å². The Morgan fingerprint density at radius 2 is 1.95 bits per heavy atom. The molecule has 0 N–H and O–H groups in total. The van der Waals surface area contributed by atoms with Gasteiger partial charge in [0, 0.05) is 51.0 Å². The fraction of sp³-hybridized carbons (Fsp3) is 0.593. The van der Waals surface area contributed by atoms with Crippen molar-refractivity contribution in [2.45, 2.75) is 75.1 Å². The number of ether oxygens (including phenoxy) is 3. The zero-order valence-corrected chi connectivity index (χ0v) is 23.9. The van der Waals surface area contributed by atoms with Gasteiger partial charge >= 0.3 is 0 Å². The Labute approximate surface area is 232 Å². The number of Topliss-reactive ketones (excluding diaryl/α,β-unsaturated/α-hetero) is 2. The van der Waals surface area contributed by atoms with Crippen molar-refractivity contribution in [1.29, 1.82) is 0 Å². The second-order valence-corrected chi connectivity index (χ2v) is 13.4. The first kappa shape index (κ1) is 29.3. The van der Waals surface area contributed by atoms with Crippen LogP contribution in [0.2, 0.25) is 5.02 Å². The summed E-state index contributed by atoms with van der Waals surface area (Å²) in [5, 5.41) is 0.463. The predicted molar refractivity (Wildman–Crippen MR) is 145 cm³/mol. The number of sulfone groups is 1. The third-order valence-electron chi connectivity index (χ3n) is 7.00. The van der Waals surface area contributed by atoms with Gasteiger partial charge in [-0.05, 0) is 62.1 Å². The van der Waals surface area contributed by atoms with Crippen LogP contribution in [-0.2, 0) is 35.4 Å². The van der Waals surface area contributed by atoms with Crippen molar-refractivity contribution in [3.63, 3.8) is 0 Å². The minimum Gasteiger partial charge on any atom is -0.381 e. The van der Waals surface area contributed by atoms with Gasteiger partial charge in [-0.25, -0.2) is 13.4 Å². The maximum Gasteiger partial charge on any atom is 0.191 e. The predicted octanol–water partition coefficient (Wildman–Crippen LogP) is 5.38. The van der Waals surface area contributed by atoms with Crippen molar-refractivity contribution in [3.05, 3.63) is 44.9 Å². The summed E-state index contributed by atoms with van der Waals surface area (Å²) >= 11 is 7.58. The summed E-state index contributed by atoms with van der Waals surface area (Å²) in [7, 11) is -3.48. The number of nitrogens with zero attached hydrogens (tertiary/aromatic N) is 1. The van der Waals surface area contributed by atoms with E-state index in [1.165, 1.54) is 17.4 Å². The molecule has 0 aliphatic carbocycles. The third kappa shape index (κ3) is 8.16. The number of aromatic nitrogens is 1. The summed E-state index contributed by atoms with van der Waals surface area (Å²) in [6.07, 6.45) is 7.96. The molecule has 208 valence electrons. The standard InChI is InChI=1S/C27H34ClNO7S2/c1-38(32,33)25-8-5-19(15-22(25)28)21(14-18-9-12-34-13-10-18)23(30)6-7-24(31)27-29-16-20(37-27)17-36-26-4-2-3-11-35-26/h5,8,15-16,18,21,26H,2-4,6-7,9-14,17H2,1H3. The van der Waals surface area contributed by atoms with Gasteiger partial charge < -0.3 is 14.2 Å². The Balaban J connectivity index is 1.39. The molecule has 2 unspecified atom stereocenters. The van der Waals surface area contributed by atoms with Crippen molar-refractivity contribution in [1.82, 2.24) is 4.98 Å². The van der Waals surface area contributed by atoms with E-state index < -0.39 is 15.8 Å². The van der Waals surface area contributed by atoms with Gasteiger partial charge in [-0.1, -0.05) is 17.7 Å². The normalized spacial score (nSPS) is 19.8. The first-order valence-electron chi connectivity index (χ1n) is 13.0. The summed E-state index contributed by atoms with van der Waals surface area (Å²) < 4.78 is 40.8. The van der Waals surface area contributed by atoms with Gasteiger partial charge in [0.25, 0.3) is 0 Å². The molecule has 11 heteroatoms. The van der Waals surface area contributed by atoms with Gasteiger partial charge in [0.15, 0.2) is 26.9 Å². The van der Waals surface area contributed by atoms with Crippen LogP contribution in [0.4, 0.5) is 0 Å². The van der Waals surface area contributed by atoms with E-state index in [1.54, 1.807) is 18.3 Å². The zero-order valence-electron chi connectivity index (χ0n) is 21.5. The Morgan fingerprint density at radius 3 is 2.63 bits per heavy atom. The molecule has 2 aliphatic rings. The van der Waals surface area contributed by atoms with E-state index in [2.05, 4.69) is 4.98 Å². The van der Waals surface area contributed by atoms with E-state index >= 15 is 0 Å². The van der Waals surface area contributed by atoms with Crippen LogP contribution in [0.15, 0.2) is 29.3 Å². The number of halogens is 1. The minimum atomic E-state index is -3.48. The quantitative estimate of drug-likeness (QED) is 0.307. The van der Waals surface area contributed by atoms with E-state index in [-0.39, 0.29) is 40.6 Å². The number of hydrogen-bond donors (Lipinski definition) is 0. The van der Waals surface area contributed by atoms with E-state index in [0.717, 1.165) is 43.2 Å². The number of thiazole rings is 1. The second kappa shape index (κ2) is 13.6. The summed E-state index contributed by atoms with van der Waals surface area (Å²) in [6.45, 7) is 2.35. The van der Waals surface area contributed by atoms with Crippen LogP contribution in [0.25, 0.3) is 0 Å². The van der Waals surface area contributed by atoms with Crippen molar-refractivity contribution in [2.24, 2.45) is 5.92 Å². The van der Waals surface area contributed by atoms with Crippen molar-refractivity contribution < 1.29 is 32.2 Å². The lowest BCUT2D eigenvalue weighted by molar-refractivity contribution is -0.168. The highest BCUT2D eigenvalue weighted by Crippen LogP contribution is 2.34. The van der Waals surface area contributed by atoms with Gasteiger partial charge in [0.05, 0.1) is 21.4 Å². The summed E-state index contributed by atoms with van der Waals surface area (Å²) in [6, 6.07) is 4.69. The number of carbonyl (C=O) groups is 2. The molecule has 38 heavy (non-hydrogen) atoms. The maximum absolute atomic E-state index is 13.4. The molecule has 2 saturated heterocycles. The highest BCUT2D eigenvalue weighted by molar-refractivity contribution is 7.90. The molecule has 0 amide bonds. The summed E-state index contributed by atoms with van der Waals surface area (Å²) in [5.41, 5.74) is 0.671. The largest absolute Gasteiger partial charge is 0.381 e. The SMILES string of the molecule is CS(=O)(=O)c1ccc(C(CC2CCOCC2)C(=O)CCC(=O)c2ncc(COC3CCCCO3)s2)cc1Cl. The Bertz CT molecular complexity index is 1220. The number of rotatable bonds is 12. The summed E-state index contributed by atoms with van der Waals surface area (Å²) in [4.78, 5) is 31.4. The number of hydrogen-bond acceptors (Lipinski definition) is 9. The van der Waals surface area contributed by atoms with Crippen molar-refractivity contribution >= 4 is 44.3 Å². The van der Waals surface area contributed by atoms with E-state index in [0.29, 0.717) is 49.3 Å². The average Bonchev–Trinajstić information content (AvgIpc) is 3.39. The van der Waals surface area contributed by atoms with Crippen LogP contribution >= 0.6 is 22.9 Å². The Hall–Kier alpha value is -1.69. The van der Waals surface area contributed by atoms with Gasteiger partial charge in [-0.15, -0.1) is 11.3 Å². The van der Waals surface area contributed by atoms with E-state index in [4.69, 9.17) is 25.8 Å². The average molecular weight is 584 g/mol. The van der Waals surface area contributed by atoms with E-state index in [1.807, 2.05) is 0 Å². The number of ketones is 2. The molecule has 0 radical (unpaired) electrons. The van der Waals surface area contributed by atoms with Crippen molar-refractivity contribution in [3.8, 4) is 0 Å². The molecule has 0 bridgehead atoms. The monoisotopic (exact) mass is 583 g/mol. The lowest BCUT2D eigenvalue weighted by atomic mass is 9.81. The lowest BCUT2D eigenvalue weighted by Crippen LogP contribution is -2.22. The number of carbonyl (C=O) groups excluding carboxylic acids is 2. The molecule has 1 aromatic carbocycles. The lowest BCUT2D eigenvalue weighted by Gasteiger charge is -2.26. The highest BCUT2D eigenvalue weighted by Gasteiger charge is 2.28. The Morgan fingerprint density at radius 1 is 1.16 bits per heavy atom. The fourth-order valence-corrected chi connectivity index (χ4v) is 6.98. The molecule has 2 aliphatic heterocycles. The fourth-order valence-electron chi connectivity index (χ4n) is 4.84. The highest BCUT2D eigenvalue weighted by atomic mass is 35.5. The molecule has 1 aromatic heterocycles.